The van der Waals surface area contributed by atoms with Crippen LogP contribution in [-0.2, 0) is 4.74 Å². The third-order valence-electron chi connectivity index (χ3n) is 3.65. The van der Waals surface area contributed by atoms with Crippen LogP contribution in [0.25, 0.3) is 0 Å². The van der Waals surface area contributed by atoms with E-state index in [9.17, 15) is 13.6 Å². The smallest absolute Gasteiger partial charge is 0.407 e. The number of hydrogen-bond donors (Lipinski definition) is 2. The SMILES string of the molecule is CC(C)(C)OC(=O)NC1CC=C(/C(C=N)=C/CCCC(F)F)CC1. The van der Waals surface area contributed by atoms with E-state index >= 15 is 0 Å². The van der Waals surface area contributed by atoms with Crippen LogP contribution in [0.15, 0.2) is 23.3 Å². The van der Waals surface area contributed by atoms with E-state index < -0.39 is 18.1 Å². The molecule has 1 rings (SSSR count). The zero-order chi connectivity index (χ0) is 18.2. The lowest BCUT2D eigenvalue weighted by Crippen LogP contribution is -2.39. The van der Waals surface area contributed by atoms with Crippen LogP contribution in [0.2, 0.25) is 0 Å². The van der Waals surface area contributed by atoms with Crippen molar-refractivity contribution in [2.24, 2.45) is 0 Å². The van der Waals surface area contributed by atoms with Crippen molar-refractivity contribution in [2.45, 2.75) is 77.4 Å². The van der Waals surface area contributed by atoms with Crippen molar-refractivity contribution in [3.63, 3.8) is 0 Å². The maximum Gasteiger partial charge on any atom is 0.407 e. The van der Waals surface area contributed by atoms with Gasteiger partial charge in [0.15, 0.2) is 0 Å². The first kappa shape index (κ1) is 20.3. The molecular weight excluding hydrogens is 314 g/mol. The Kier molecular flexibility index (Phi) is 8.08. The highest BCUT2D eigenvalue weighted by atomic mass is 19.3. The van der Waals surface area contributed by atoms with Crippen molar-refractivity contribution in [2.75, 3.05) is 0 Å². The van der Waals surface area contributed by atoms with Crippen molar-refractivity contribution in [1.29, 1.82) is 5.41 Å². The number of nitrogens with one attached hydrogen (secondary N) is 2. The summed E-state index contributed by atoms with van der Waals surface area (Å²) in [7, 11) is 0. The first-order valence-corrected chi connectivity index (χ1v) is 8.39. The number of amides is 1. The minimum absolute atomic E-state index is 0.0226. The van der Waals surface area contributed by atoms with E-state index in [0.717, 1.165) is 24.0 Å². The van der Waals surface area contributed by atoms with E-state index in [4.69, 9.17) is 10.1 Å². The molecule has 0 aromatic rings. The van der Waals surface area contributed by atoms with Crippen LogP contribution < -0.4 is 5.32 Å². The van der Waals surface area contributed by atoms with Crippen LogP contribution in [0.1, 0.15) is 59.3 Å². The lowest BCUT2D eigenvalue weighted by atomic mass is 9.90. The van der Waals surface area contributed by atoms with E-state index in [1.807, 2.05) is 32.9 Å². The number of carbonyl (C=O) groups excluding carboxylic acids is 1. The molecule has 2 N–H and O–H groups in total. The Morgan fingerprint density at radius 2 is 2.21 bits per heavy atom. The van der Waals surface area contributed by atoms with Crippen LogP contribution in [0.4, 0.5) is 13.6 Å². The summed E-state index contributed by atoms with van der Waals surface area (Å²) in [6.45, 7) is 5.46. The van der Waals surface area contributed by atoms with Gasteiger partial charge in [0.2, 0.25) is 6.43 Å². The second kappa shape index (κ2) is 9.55. The molecule has 24 heavy (non-hydrogen) atoms. The topological polar surface area (TPSA) is 62.2 Å². The zero-order valence-electron chi connectivity index (χ0n) is 14.7. The second-order valence-corrected chi connectivity index (χ2v) is 6.97. The molecule has 1 unspecified atom stereocenters. The fraction of sp³-hybridized carbons (Fsp3) is 0.667. The third-order valence-corrected chi connectivity index (χ3v) is 3.65. The first-order valence-electron chi connectivity index (χ1n) is 8.39. The summed E-state index contributed by atoms with van der Waals surface area (Å²) in [4.78, 5) is 11.8. The summed E-state index contributed by atoms with van der Waals surface area (Å²) in [5.41, 5.74) is 1.32. The summed E-state index contributed by atoms with van der Waals surface area (Å²) < 4.78 is 29.5. The van der Waals surface area contributed by atoms with Crippen LogP contribution in [0, 0.1) is 5.41 Å². The maximum absolute atomic E-state index is 12.1. The molecule has 0 saturated heterocycles. The quantitative estimate of drug-likeness (QED) is 0.505. The number of alkyl carbamates (subject to hydrolysis) is 1. The third kappa shape index (κ3) is 8.22. The summed E-state index contributed by atoms with van der Waals surface area (Å²) in [6, 6.07) is 0.0226. The van der Waals surface area contributed by atoms with Gasteiger partial charge in [0, 0.05) is 18.7 Å². The van der Waals surface area contributed by atoms with Gasteiger partial charge in [-0.25, -0.2) is 13.6 Å². The van der Waals surface area contributed by atoms with Crippen molar-refractivity contribution in [3.8, 4) is 0 Å². The van der Waals surface area contributed by atoms with Crippen molar-refractivity contribution in [1.82, 2.24) is 5.32 Å². The number of unbranched alkanes of at least 4 members (excludes halogenated alkanes) is 1. The molecule has 0 heterocycles. The molecule has 0 saturated carbocycles. The summed E-state index contributed by atoms with van der Waals surface area (Å²) in [5, 5.41) is 10.4. The van der Waals surface area contributed by atoms with Crippen LogP contribution in [0.3, 0.4) is 0 Å². The van der Waals surface area contributed by atoms with Crippen molar-refractivity contribution < 1.29 is 18.3 Å². The molecule has 6 heteroatoms. The molecule has 136 valence electrons. The van der Waals surface area contributed by atoms with E-state index in [2.05, 4.69) is 5.32 Å². The van der Waals surface area contributed by atoms with E-state index in [1.54, 1.807) is 0 Å². The lowest BCUT2D eigenvalue weighted by Gasteiger charge is -2.26. The second-order valence-electron chi connectivity index (χ2n) is 6.97. The van der Waals surface area contributed by atoms with Gasteiger partial charge in [-0.2, -0.15) is 0 Å². The molecule has 1 amide bonds. The highest BCUT2D eigenvalue weighted by molar-refractivity contribution is 5.82. The molecular formula is C18H28F2N2O2. The number of carbonyl (C=O) groups is 1. The minimum atomic E-state index is -2.27. The fourth-order valence-corrected chi connectivity index (χ4v) is 2.51. The van der Waals surface area contributed by atoms with Gasteiger partial charge in [0.25, 0.3) is 0 Å². The Hall–Kier alpha value is -1.72. The van der Waals surface area contributed by atoms with E-state index in [0.29, 0.717) is 19.3 Å². The normalized spacial score (nSPS) is 19.0. The molecule has 4 nitrogen and oxygen atoms in total. The Labute approximate surface area is 142 Å². The molecule has 0 spiro atoms. The van der Waals surface area contributed by atoms with Gasteiger partial charge in [-0.3, -0.25) is 0 Å². The van der Waals surface area contributed by atoms with Gasteiger partial charge in [-0.1, -0.05) is 12.2 Å². The van der Waals surface area contributed by atoms with Gasteiger partial charge in [0.05, 0.1) is 0 Å². The van der Waals surface area contributed by atoms with E-state index in [-0.39, 0.29) is 12.5 Å². The average Bonchev–Trinajstić information content (AvgIpc) is 2.46. The Morgan fingerprint density at radius 3 is 2.71 bits per heavy atom. The summed E-state index contributed by atoms with van der Waals surface area (Å²) in [6.07, 6.45) is 5.50. The molecule has 0 bridgehead atoms. The number of allylic oxidation sites excluding steroid dienone is 3. The van der Waals surface area contributed by atoms with Gasteiger partial charge in [-0.05, 0) is 64.0 Å². The van der Waals surface area contributed by atoms with Crippen molar-refractivity contribution in [3.05, 3.63) is 23.3 Å². The van der Waals surface area contributed by atoms with Gasteiger partial charge in [-0.15, -0.1) is 0 Å². The highest BCUT2D eigenvalue weighted by Gasteiger charge is 2.21. The minimum Gasteiger partial charge on any atom is -0.444 e. The average molecular weight is 342 g/mol. The lowest BCUT2D eigenvalue weighted by molar-refractivity contribution is 0.0501. The molecule has 1 aliphatic carbocycles. The predicted molar refractivity (Wildman–Crippen MR) is 91.8 cm³/mol. The number of hydrogen-bond acceptors (Lipinski definition) is 3. The molecule has 0 radical (unpaired) electrons. The van der Waals surface area contributed by atoms with Crippen molar-refractivity contribution >= 4 is 12.3 Å². The molecule has 1 atom stereocenters. The van der Waals surface area contributed by atoms with Crippen LogP contribution in [0.5, 0.6) is 0 Å². The number of alkyl halides is 2. The molecule has 0 aromatic heterocycles. The maximum atomic E-state index is 12.1. The molecule has 0 fully saturated rings. The Bertz CT molecular complexity index is 494. The Balaban J connectivity index is 2.49. The van der Waals surface area contributed by atoms with Gasteiger partial charge in [0.1, 0.15) is 5.60 Å². The van der Waals surface area contributed by atoms with Crippen LogP contribution >= 0.6 is 0 Å². The predicted octanol–water partition coefficient (Wildman–Crippen LogP) is 5.00. The number of ether oxygens (including phenoxy) is 1. The standard InChI is InChI=1S/C18H28F2N2O2/c1-18(2,3)24-17(23)22-15-10-8-13(9-11-15)14(12-21)6-4-5-7-16(19)20/h6,8,12,15-16,21H,4-5,7,9-11H2,1-3H3,(H,22,23)/b14-6+,21-12?. The Morgan fingerprint density at radius 1 is 1.50 bits per heavy atom. The van der Waals surface area contributed by atoms with Crippen LogP contribution in [-0.4, -0.2) is 30.4 Å². The van der Waals surface area contributed by atoms with E-state index in [1.165, 1.54) is 6.21 Å². The fourth-order valence-electron chi connectivity index (χ4n) is 2.51. The summed E-state index contributed by atoms with van der Waals surface area (Å²) >= 11 is 0. The highest BCUT2D eigenvalue weighted by Crippen LogP contribution is 2.24. The number of halogens is 2. The van der Waals surface area contributed by atoms with Gasteiger partial charge >= 0.3 is 6.09 Å². The molecule has 1 aliphatic rings. The number of rotatable bonds is 7. The zero-order valence-corrected chi connectivity index (χ0v) is 14.7. The molecule has 0 aromatic carbocycles. The molecule has 0 aliphatic heterocycles. The summed E-state index contributed by atoms with van der Waals surface area (Å²) in [5.74, 6) is 0. The van der Waals surface area contributed by atoms with Gasteiger partial charge < -0.3 is 15.5 Å². The largest absolute Gasteiger partial charge is 0.444 e. The first-order chi connectivity index (χ1) is 11.2. The monoisotopic (exact) mass is 342 g/mol.